The fourth-order valence-corrected chi connectivity index (χ4v) is 3.95. The van der Waals surface area contributed by atoms with Crippen LogP contribution in [0.15, 0.2) is 36.4 Å². The molecule has 26 heavy (non-hydrogen) atoms. The fraction of sp³-hybridized carbons (Fsp3) is 0.545. The smallest absolute Gasteiger partial charge is 0.0881 e. The maximum Gasteiger partial charge on any atom is 0.0881 e. The molecule has 2 atom stereocenters. The number of hydrogen-bond donors (Lipinski definition) is 0. The number of morpholine rings is 1. The van der Waals surface area contributed by atoms with E-state index >= 15 is 0 Å². The lowest BCUT2D eigenvalue weighted by molar-refractivity contribution is -0.0754. The van der Waals surface area contributed by atoms with E-state index in [9.17, 15) is 0 Å². The number of ether oxygens (including phenoxy) is 1. The maximum atomic E-state index is 6.29. The molecule has 0 radical (unpaired) electrons. The van der Waals surface area contributed by atoms with Crippen molar-refractivity contribution in [2.45, 2.75) is 26.1 Å². The van der Waals surface area contributed by atoms with E-state index in [2.05, 4.69) is 78.6 Å². The zero-order valence-corrected chi connectivity index (χ0v) is 16.5. The molecule has 4 nitrogen and oxygen atoms in total. The van der Waals surface area contributed by atoms with Gasteiger partial charge in [0.05, 0.1) is 12.2 Å². The van der Waals surface area contributed by atoms with Crippen LogP contribution in [0.25, 0.3) is 12.3 Å². The molecule has 4 heteroatoms. The molecule has 0 saturated carbocycles. The van der Waals surface area contributed by atoms with Crippen molar-refractivity contribution < 1.29 is 4.74 Å². The van der Waals surface area contributed by atoms with Crippen molar-refractivity contribution in [1.82, 2.24) is 14.7 Å². The van der Waals surface area contributed by atoms with Crippen molar-refractivity contribution in [3.05, 3.63) is 46.9 Å². The second kappa shape index (κ2) is 8.85. The van der Waals surface area contributed by atoms with E-state index in [4.69, 9.17) is 4.74 Å². The van der Waals surface area contributed by atoms with Gasteiger partial charge in [-0.3, -0.25) is 4.90 Å². The minimum absolute atomic E-state index is 0.235. The molecule has 0 spiro atoms. The summed E-state index contributed by atoms with van der Waals surface area (Å²) in [5.74, 6) is 0. The first-order chi connectivity index (χ1) is 12.6. The van der Waals surface area contributed by atoms with Gasteiger partial charge in [0.15, 0.2) is 0 Å². The van der Waals surface area contributed by atoms with Gasteiger partial charge in [0.1, 0.15) is 0 Å². The molecule has 0 amide bonds. The summed E-state index contributed by atoms with van der Waals surface area (Å²) in [6.07, 6.45) is 4.82. The maximum absolute atomic E-state index is 6.29. The van der Waals surface area contributed by atoms with Crippen molar-refractivity contribution in [2.24, 2.45) is 0 Å². The van der Waals surface area contributed by atoms with Crippen LogP contribution < -0.4 is 10.4 Å². The Balaban J connectivity index is 1.79. The van der Waals surface area contributed by atoms with Crippen LogP contribution in [0.5, 0.6) is 0 Å². The van der Waals surface area contributed by atoms with Gasteiger partial charge in [-0.15, -0.1) is 0 Å². The largest absolute Gasteiger partial charge is 0.370 e. The third-order valence-corrected chi connectivity index (χ3v) is 5.34. The summed E-state index contributed by atoms with van der Waals surface area (Å²) in [4.78, 5) is 7.43. The number of rotatable bonds is 4. The summed E-state index contributed by atoms with van der Waals surface area (Å²) < 4.78 is 6.29. The van der Waals surface area contributed by atoms with Crippen LogP contribution in [-0.4, -0.2) is 79.8 Å². The lowest BCUT2D eigenvalue weighted by Crippen LogP contribution is -2.53. The average Bonchev–Trinajstić information content (AvgIpc) is 2.62. The zero-order valence-electron chi connectivity index (χ0n) is 16.5. The van der Waals surface area contributed by atoms with Gasteiger partial charge in [-0.05, 0) is 32.2 Å². The molecule has 1 aromatic rings. The summed E-state index contributed by atoms with van der Waals surface area (Å²) >= 11 is 0. The van der Waals surface area contributed by atoms with E-state index in [1.807, 2.05) is 0 Å². The molecule has 0 N–H and O–H groups in total. The third kappa shape index (κ3) is 4.76. The molecule has 0 unspecified atom stereocenters. The predicted octanol–water partition coefficient (Wildman–Crippen LogP) is 1.12. The summed E-state index contributed by atoms with van der Waals surface area (Å²) in [5, 5.41) is 2.30. The highest BCUT2D eigenvalue weighted by molar-refractivity contribution is 5.55. The third-order valence-electron chi connectivity index (χ3n) is 5.34. The minimum atomic E-state index is 0.235. The number of nitrogens with zero attached hydrogens (tertiary/aromatic N) is 3. The molecule has 0 bridgehead atoms. The second-order valence-electron chi connectivity index (χ2n) is 7.62. The van der Waals surface area contributed by atoms with Gasteiger partial charge in [-0.2, -0.15) is 0 Å². The topological polar surface area (TPSA) is 19.0 Å². The van der Waals surface area contributed by atoms with Gasteiger partial charge in [0, 0.05) is 56.7 Å². The first kappa shape index (κ1) is 19.2. The Morgan fingerprint density at radius 3 is 2.62 bits per heavy atom. The lowest BCUT2D eigenvalue weighted by atomic mass is 10.1. The summed E-state index contributed by atoms with van der Waals surface area (Å²) in [6, 6.07) is 8.41. The predicted molar refractivity (Wildman–Crippen MR) is 109 cm³/mol. The molecule has 2 heterocycles. The fourth-order valence-electron chi connectivity index (χ4n) is 3.95. The molecular formula is C22H33N3O. The van der Waals surface area contributed by atoms with E-state index in [1.54, 1.807) is 0 Å². The van der Waals surface area contributed by atoms with E-state index in [0.29, 0.717) is 0 Å². The van der Waals surface area contributed by atoms with Gasteiger partial charge in [-0.25, -0.2) is 0 Å². The second-order valence-corrected chi connectivity index (χ2v) is 7.62. The summed E-state index contributed by atoms with van der Waals surface area (Å²) in [5.41, 5.74) is 1.26. The molecule has 0 aromatic heterocycles. The highest BCUT2D eigenvalue weighted by atomic mass is 16.5. The molecule has 142 valence electrons. The van der Waals surface area contributed by atoms with Gasteiger partial charge in [-0.1, -0.05) is 36.9 Å². The number of likely N-dealkylation sites (N-methyl/N-ethyl adjacent to an activating group) is 1. The Labute approximate surface area is 158 Å². The highest BCUT2D eigenvalue weighted by Crippen LogP contribution is 2.18. The van der Waals surface area contributed by atoms with Crippen molar-refractivity contribution in [1.29, 1.82) is 0 Å². The number of benzene rings is 1. The number of allylic oxidation sites excluding steroid dienone is 1. The van der Waals surface area contributed by atoms with E-state index in [0.717, 1.165) is 51.0 Å². The molecule has 2 aliphatic heterocycles. The van der Waals surface area contributed by atoms with Gasteiger partial charge in [0.2, 0.25) is 0 Å². The Morgan fingerprint density at radius 2 is 1.92 bits per heavy atom. The summed E-state index contributed by atoms with van der Waals surface area (Å²) in [6.45, 7) is 15.9. The van der Waals surface area contributed by atoms with Crippen molar-refractivity contribution >= 4 is 12.3 Å². The quantitative estimate of drug-likeness (QED) is 0.806. The Morgan fingerprint density at radius 1 is 1.19 bits per heavy atom. The van der Waals surface area contributed by atoms with Gasteiger partial charge in [0.25, 0.3) is 0 Å². The zero-order chi connectivity index (χ0) is 18.5. The van der Waals surface area contributed by atoms with E-state index < -0.39 is 0 Å². The SMILES string of the molecule is C=c1cccc/c1=C(/C=C\C)N1C[C@H](CN2CCN(C)CC2)O[C@H](C)C1. The summed E-state index contributed by atoms with van der Waals surface area (Å²) in [7, 11) is 2.20. The molecule has 1 aromatic carbocycles. The minimum Gasteiger partial charge on any atom is -0.370 e. The van der Waals surface area contributed by atoms with Crippen LogP contribution in [0.4, 0.5) is 0 Å². The molecule has 0 aliphatic carbocycles. The normalized spacial score (nSPS) is 27.1. The molecule has 2 aliphatic rings. The first-order valence-electron chi connectivity index (χ1n) is 9.79. The van der Waals surface area contributed by atoms with E-state index in [-0.39, 0.29) is 12.2 Å². The Hall–Kier alpha value is -1.62. The molecule has 2 saturated heterocycles. The first-order valence-corrected chi connectivity index (χ1v) is 9.79. The highest BCUT2D eigenvalue weighted by Gasteiger charge is 2.28. The lowest BCUT2D eigenvalue weighted by Gasteiger charge is -2.42. The van der Waals surface area contributed by atoms with Gasteiger partial charge >= 0.3 is 0 Å². The van der Waals surface area contributed by atoms with Crippen LogP contribution >= 0.6 is 0 Å². The van der Waals surface area contributed by atoms with Crippen LogP contribution in [0.2, 0.25) is 0 Å². The van der Waals surface area contributed by atoms with E-state index in [1.165, 1.54) is 10.9 Å². The Kier molecular flexibility index (Phi) is 6.52. The van der Waals surface area contributed by atoms with Crippen molar-refractivity contribution in [3.8, 4) is 0 Å². The Bertz CT molecular complexity index is 721. The number of piperazine rings is 1. The van der Waals surface area contributed by atoms with Crippen molar-refractivity contribution in [3.63, 3.8) is 0 Å². The van der Waals surface area contributed by atoms with Crippen LogP contribution in [-0.2, 0) is 4.74 Å². The standard InChI is InChI=1S/C22H33N3O/c1-5-8-22(21-10-7-6-9-18(21)2)25-15-19(3)26-20(17-25)16-24-13-11-23(4)12-14-24/h5-10,19-20H,2,11-17H2,1,3-4H3/b8-5-,22-21+/t19-,20+/m1/s1. The molecule has 2 fully saturated rings. The average molecular weight is 356 g/mol. The molecule has 3 rings (SSSR count). The monoisotopic (exact) mass is 355 g/mol. The van der Waals surface area contributed by atoms with Crippen LogP contribution in [0.1, 0.15) is 13.8 Å². The van der Waals surface area contributed by atoms with Crippen LogP contribution in [0, 0.1) is 0 Å². The van der Waals surface area contributed by atoms with Gasteiger partial charge < -0.3 is 14.5 Å². The van der Waals surface area contributed by atoms with Crippen molar-refractivity contribution in [2.75, 3.05) is 52.9 Å². The number of hydrogen-bond acceptors (Lipinski definition) is 4. The molecular weight excluding hydrogens is 322 g/mol. The van der Waals surface area contributed by atoms with Crippen LogP contribution in [0.3, 0.4) is 0 Å².